The van der Waals surface area contributed by atoms with Crippen LogP contribution in [0.15, 0.2) is 42.5 Å². The van der Waals surface area contributed by atoms with Crippen molar-refractivity contribution in [2.45, 2.75) is 17.1 Å². The normalized spacial score (nSPS) is 11.4. The quantitative estimate of drug-likeness (QED) is 0.733. The highest BCUT2D eigenvalue weighted by molar-refractivity contribution is 9.09. The molecule has 0 bridgehead atoms. The molecule has 0 radical (unpaired) electrons. The first-order valence-electron chi connectivity index (χ1n) is 6.38. The summed E-state index contributed by atoms with van der Waals surface area (Å²) in [5.41, 5.74) is 4.79. The first-order chi connectivity index (χ1) is 10.2. The number of rotatable bonds is 4. The van der Waals surface area contributed by atoms with Crippen molar-refractivity contribution >= 4 is 27.5 Å². The summed E-state index contributed by atoms with van der Waals surface area (Å²) >= 11 is 9.28. The average molecular weight is 360 g/mol. The standard InChI is InChI=1S/C17H12BrClN2/c18-17(11-21)16-6-5-14(9-19)8-15(16)7-12-1-3-13(10-20)4-2-12/h1-6,8,17H,7,9H2. The molecule has 0 amide bonds. The lowest BCUT2D eigenvalue weighted by Crippen LogP contribution is -1.99. The summed E-state index contributed by atoms with van der Waals surface area (Å²) in [6.45, 7) is 0. The van der Waals surface area contributed by atoms with E-state index >= 15 is 0 Å². The van der Waals surface area contributed by atoms with Gasteiger partial charge in [-0.2, -0.15) is 10.5 Å². The molecule has 0 fully saturated rings. The fourth-order valence-electron chi connectivity index (χ4n) is 2.13. The molecule has 0 aliphatic carbocycles. The highest BCUT2D eigenvalue weighted by Crippen LogP contribution is 2.28. The van der Waals surface area contributed by atoms with Gasteiger partial charge in [0.15, 0.2) is 0 Å². The third-order valence-electron chi connectivity index (χ3n) is 3.23. The van der Waals surface area contributed by atoms with E-state index in [1.807, 2.05) is 30.3 Å². The van der Waals surface area contributed by atoms with Gasteiger partial charge in [0.2, 0.25) is 0 Å². The molecule has 2 aromatic carbocycles. The smallest absolute Gasteiger partial charge is 0.126 e. The molecule has 0 heterocycles. The first kappa shape index (κ1) is 15.6. The van der Waals surface area contributed by atoms with Gasteiger partial charge in [-0.1, -0.05) is 46.3 Å². The lowest BCUT2D eigenvalue weighted by atomic mass is 9.96. The molecule has 104 valence electrons. The van der Waals surface area contributed by atoms with Crippen molar-refractivity contribution in [1.82, 2.24) is 0 Å². The van der Waals surface area contributed by atoms with Crippen LogP contribution in [0.5, 0.6) is 0 Å². The predicted octanol–water partition coefficient (Wildman–Crippen LogP) is 4.85. The number of alkyl halides is 2. The van der Waals surface area contributed by atoms with Gasteiger partial charge >= 0.3 is 0 Å². The zero-order valence-electron chi connectivity index (χ0n) is 11.2. The second kappa shape index (κ2) is 7.27. The van der Waals surface area contributed by atoms with Crippen molar-refractivity contribution in [3.63, 3.8) is 0 Å². The fraction of sp³-hybridized carbons (Fsp3) is 0.176. The van der Waals surface area contributed by atoms with E-state index < -0.39 is 0 Å². The molecule has 2 rings (SSSR count). The lowest BCUT2D eigenvalue weighted by Gasteiger charge is -2.12. The number of halogens is 2. The summed E-state index contributed by atoms with van der Waals surface area (Å²) in [5.74, 6) is 0.445. The molecular weight excluding hydrogens is 348 g/mol. The Morgan fingerprint density at radius 2 is 1.71 bits per heavy atom. The van der Waals surface area contributed by atoms with Crippen molar-refractivity contribution in [3.8, 4) is 12.1 Å². The van der Waals surface area contributed by atoms with Crippen molar-refractivity contribution in [1.29, 1.82) is 10.5 Å². The molecule has 21 heavy (non-hydrogen) atoms. The van der Waals surface area contributed by atoms with Crippen LogP contribution in [0.25, 0.3) is 0 Å². The SMILES string of the molecule is N#Cc1ccc(Cc2cc(CCl)ccc2C(Br)C#N)cc1. The highest BCUT2D eigenvalue weighted by Gasteiger charge is 2.12. The van der Waals surface area contributed by atoms with E-state index in [9.17, 15) is 0 Å². The molecule has 0 aliphatic heterocycles. The van der Waals surface area contributed by atoms with Gasteiger partial charge in [0.25, 0.3) is 0 Å². The number of hydrogen-bond acceptors (Lipinski definition) is 2. The van der Waals surface area contributed by atoms with Crippen LogP contribution >= 0.6 is 27.5 Å². The number of hydrogen-bond donors (Lipinski definition) is 0. The molecule has 1 unspecified atom stereocenters. The van der Waals surface area contributed by atoms with Crippen LogP contribution < -0.4 is 0 Å². The molecule has 0 aromatic heterocycles. The maximum atomic E-state index is 9.11. The molecule has 0 aliphatic rings. The summed E-state index contributed by atoms with van der Waals surface area (Å²) in [5, 5.41) is 17.9. The van der Waals surface area contributed by atoms with E-state index in [4.69, 9.17) is 22.1 Å². The van der Waals surface area contributed by atoms with E-state index in [-0.39, 0.29) is 4.83 Å². The second-order valence-electron chi connectivity index (χ2n) is 4.64. The summed E-state index contributed by atoms with van der Waals surface area (Å²) in [6.07, 6.45) is 0.704. The minimum Gasteiger partial charge on any atom is -0.197 e. The predicted molar refractivity (Wildman–Crippen MR) is 87.2 cm³/mol. The number of benzene rings is 2. The van der Waals surface area contributed by atoms with Gasteiger partial charge in [-0.15, -0.1) is 11.6 Å². The van der Waals surface area contributed by atoms with Gasteiger partial charge in [-0.3, -0.25) is 0 Å². The Kier molecular flexibility index (Phi) is 5.39. The third kappa shape index (κ3) is 3.85. The van der Waals surface area contributed by atoms with Gasteiger partial charge < -0.3 is 0 Å². The Labute approximate surface area is 137 Å². The second-order valence-corrected chi connectivity index (χ2v) is 5.83. The molecule has 0 spiro atoms. The van der Waals surface area contributed by atoms with Gasteiger partial charge in [0, 0.05) is 5.88 Å². The zero-order valence-corrected chi connectivity index (χ0v) is 13.5. The molecule has 0 saturated heterocycles. The molecule has 2 aromatic rings. The zero-order chi connectivity index (χ0) is 15.2. The number of nitrogens with zero attached hydrogens (tertiary/aromatic N) is 2. The van der Waals surface area contributed by atoms with E-state index in [1.54, 1.807) is 12.1 Å². The van der Waals surface area contributed by atoms with Crippen molar-refractivity contribution < 1.29 is 0 Å². The number of nitriles is 2. The van der Waals surface area contributed by atoms with Gasteiger partial charge in [-0.05, 0) is 40.8 Å². The maximum absolute atomic E-state index is 9.11. The molecular formula is C17H12BrClN2. The fourth-order valence-corrected chi connectivity index (χ4v) is 2.74. The van der Waals surface area contributed by atoms with Gasteiger partial charge in [0.05, 0.1) is 17.7 Å². The lowest BCUT2D eigenvalue weighted by molar-refractivity contribution is 1.10. The van der Waals surface area contributed by atoms with E-state index in [1.165, 1.54) is 0 Å². The Balaban J connectivity index is 2.36. The van der Waals surface area contributed by atoms with Crippen LogP contribution in [-0.4, -0.2) is 0 Å². The van der Waals surface area contributed by atoms with E-state index in [0.29, 0.717) is 17.9 Å². The van der Waals surface area contributed by atoms with Crippen LogP contribution in [-0.2, 0) is 12.3 Å². The molecule has 0 N–H and O–H groups in total. The van der Waals surface area contributed by atoms with Crippen LogP contribution in [0.4, 0.5) is 0 Å². The Morgan fingerprint density at radius 1 is 1.05 bits per heavy atom. The van der Waals surface area contributed by atoms with E-state index in [2.05, 4.69) is 28.1 Å². The molecule has 0 saturated carbocycles. The minimum absolute atomic E-state index is 0.338. The van der Waals surface area contributed by atoms with Crippen LogP contribution in [0, 0.1) is 22.7 Å². The van der Waals surface area contributed by atoms with Crippen molar-refractivity contribution in [2.24, 2.45) is 0 Å². The van der Waals surface area contributed by atoms with Gasteiger partial charge in [0.1, 0.15) is 4.83 Å². The van der Waals surface area contributed by atoms with Crippen LogP contribution in [0.1, 0.15) is 32.6 Å². The monoisotopic (exact) mass is 358 g/mol. The van der Waals surface area contributed by atoms with Gasteiger partial charge in [-0.25, -0.2) is 0 Å². The maximum Gasteiger partial charge on any atom is 0.126 e. The Hall–Kier alpha value is -1.81. The molecule has 4 heteroatoms. The minimum atomic E-state index is -0.338. The molecule has 2 nitrogen and oxygen atoms in total. The largest absolute Gasteiger partial charge is 0.197 e. The van der Waals surface area contributed by atoms with Crippen molar-refractivity contribution in [2.75, 3.05) is 0 Å². The third-order valence-corrected chi connectivity index (χ3v) is 4.23. The van der Waals surface area contributed by atoms with Crippen LogP contribution in [0.2, 0.25) is 0 Å². The van der Waals surface area contributed by atoms with Crippen molar-refractivity contribution in [3.05, 3.63) is 70.3 Å². The van der Waals surface area contributed by atoms with E-state index in [0.717, 1.165) is 22.3 Å². The molecule has 1 atom stereocenters. The van der Waals surface area contributed by atoms with Crippen LogP contribution in [0.3, 0.4) is 0 Å². The summed E-state index contributed by atoms with van der Waals surface area (Å²) < 4.78 is 0. The first-order valence-corrected chi connectivity index (χ1v) is 7.83. The average Bonchev–Trinajstić information content (AvgIpc) is 2.54. The summed E-state index contributed by atoms with van der Waals surface area (Å²) in [6, 6.07) is 17.7. The summed E-state index contributed by atoms with van der Waals surface area (Å²) in [7, 11) is 0. The summed E-state index contributed by atoms with van der Waals surface area (Å²) in [4.78, 5) is -0.338. The highest BCUT2D eigenvalue weighted by atomic mass is 79.9. The Bertz CT molecular complexity index is 711. The Morgan fingerprint density at radius 3 is 2.29 bits per heavy atom. The topological polar surface area (TPSA) is 47.6 Å².